The second-order valence-electron chi connectivity index (χ2n) is 5.56. The molecule has 3 nitrogen and oxygen atoms in total. The zero-order valence-corrected chi connectivity index (χ0v) is 10.7. The smallest absolute Gasteiger partial charge is 0.338 e. The fourth-order valence-corrected chi connectivity index (χ4v) is 2.19. The molecule has 2 N–H and O–H groups in total. The van der Waals surface area contributed by atoms with Crippen LogP contribution in [0.15, 0.2) is 12.1 Å². The number of carbonyl (C=O) groups excluding carboxylic acids is 1. The normalized spacial score (nSPS) is 14.5. The molecule has 17 heavy (non-hydrogen) atoms. The van der Waals surface area contributed by atoms with Crippen LogP contribution >= 0.6 is 0 Å². The Balaban J connectivity index is 2.28. The molecule has 0 amide bonds. The maximum atomic E-state index is 11.9. The molecule has 0 unspecified atom stereocenters. The summed E-state index contributed by atoms with van der Waals surface area (Å²) in [6.45, 7) is 5.59. The number of hydrogen-bond donors (Lipinski definition) is 1. The molecule has 0 fully saturated rings. The van der Waals surface area contributed by atoms with Gasteiger partial charge in [-0.15, -0.1) is 0 Å². The molecule has 2 rings (SSSR count). The van der Waals surface area contributed by atoms with E-state index in [9.17, 15) is 4.79 Å². The van der Waals surface area contributed by atoms with Crippen LogP contribution in [0, 0.1) is 0 Å². The topological polar surface area (TPSA) is 52.3 Å². The van der Waals surface area contributed by atoms with Crippen LogP contribution in [0.5, 0.6) is 0 Å². The average molecular weight is 233 g/mol. The van der Waals surface area contributed by atoms with Crippen LogP contribution in [-0.4, -0.2) is 11.6 Å². The highest BCUT2D eigenvalue weighted by Gasteiger charge is 2.21. The Kier molecular flexibility index (Phi) is 2.86. The van der Waals surface area contributed by atoms with Gasteiger partial charge in [0.05, 0.1) is 5.56 Å². The molecule has 0 saturated carbocycles. The van der Waals surface area contributed by atoms with Crippen molar-refractivity contribution in [3.63, 3.8) is 0 Å². The van der Waals surface area contributed by atoms with Crippen molar-refractivity contribution in [2.24, 2.45) is 0 Å². The minimum absolute atomic E-state index is 0.293. The maximum Gasteiger partial charge on any atom is 0.338 e. The second-order valence-corrected chi connectivity index (χ2v) is 5.56. The standard InChI is InChI=1S/C14H19NO2/c1-14(2,3)17-13(16)10-7-9-5-4-6-11(9)12(15)8-10/h7-8H,4-6,15H2,1-3H3. The number of anilines is 1. The van der Waals surface area contributed by atoms with Gasteiger partial charge in [0.1, 0.15) is 5.60 Å². The van der Waals surface area contributed by atoms with Crippen molar-refractivity contribution in [1.82, 2.24) is 0 Å². The first-order valence-corrected chi connectivity index (χ1v) is 6.01. The minimum atomic E-state index is -0.467. The lowest BCUT2D eigenvalue weighted by molar-refractivity contribution is 0.00695. The molecule has 1 aliphatic carbocycles. The van der Waals surface area contributed by atoms with Crippen LogP contribution < -0.4 is 5.73 Å². The summed E-state index contributed by atoms with van der Waals surface area (Å²) in [5.41, 5.74) is 9.20. The lowest BCUT2D eigenvalue weighted by atomic mass is 10.0. The number of carbonyl (C=O) groups is 1. The number of rotatable bonds is 1. The van der Waals surface area contributed by atoms with Crippen LogP contribution in [0.3, 0.4) is 0 Å². The van der Waals surface area contributed by atoms with E-state index >= 15 is 0 Å². The predicted molar refractivity (Wildman–Crippen MR) is 68.0 cm³/mol. The molecule has 0 atom stereocenters. The molecule has 0 saturated heterocycles. The van der Waals surface area contributed by atoms with Crippen molar-refractivity contribution in [3.05, 3.63) is 28.8 Å². The summed E-state index contributed by atoms with van der Waals surface area (Å²) in [4.78, 5) is 11.9. The maximum absolute atomic E-state index is 11.9. The molecule has 0 bridgehead atoms. The third-order valence-corrected chi connectivity index (χ3v) is 2.88. The van der Waals surface area contributed by atoms with Crippen molar-refractivity contribution >= 4 is 11.7 Å². The van der Waals surface area contributed by atoms with Crippen LogP contribution in [-0.2, 0) is 17.6 Å². The van der Waals surface area contributed by atoms with E-state index in [1.54, 1.807) is 6.07 Å². The van der Waals surface area contributed by atoms with E-state index in [0.29, 0.717) is 5.56 Å². The quantitative estimate of drug-likeness (QED) is 0.599. The Morgan fingerprint density at radius 2 is 2.00 bits per heavy atom. The fraction of sp³-hybridized carbons (Fsp3) is 0.500. The molecular weight excluding hydrogens is 214 g/mol. The molecule has 0 heterocycles. The summed E-state index contributed by atoms with van der Waals surface area (Å²) in [6.07, 6.45) is 3.16. The summed E-state index contributed by atoms with van der Waals surface area (Å²) in [5.74, 6) is -0.293. The molecule has 0 aliphatic heterocycles. The van der Waals surface area contributed by atoms with E-state index in [-0.39, 0.29) is 5.97 Å². The third-order valence-electron chi connectivity index (χ3n) is 2.88. The van der Waals surface area contributed by atoms with E-state index in [1.165, 1.54) is 11.1 Å². The summed E-state index contributed by atoms with van der Waals surface area (Å²) < 4.78 is 5.34. The summed E-state index contributed by atoms with van der Waals surface area (Å²) in [5, 5.41) is 0. The number of nitrogen functional groups attached to an aromatic ring is 1. The Bertz CT molecular complexity index is 458. The Morgan fingerprint density at radius 1 is 1.29 bits per heavy atom. The van der Waals surface area contributed by atoms with Gasteiger partial charge in [0.2, 0.25) is 0 Å². The number of fused-ring (bicyclic) bond motifs is 1. The van der Waals surface area contributed by atoms with Crippen molar-refractivity contribution in [3.8, 4) is 0 Å². The Morgan fingerprint density at radius 3 is 2.65 bits per heavy atom. The van der Waals surface area contributed by atoms with Gasteiger partial charge in [-0.25, -0.2) is 4.79 Å². The highest BCUT2D eigenvalue weighted by atomic mass is 16.6. The van der Waals surface area contributed by atoms with Crippen molar-refractivity contribution < 1.29 is 9.53 Å². The largest absolute Gasteiger partial charge is 0.456 e. The molecule has 1 aromatic rings. The highest BCUT2D eigenvalue weighted by molar-refractivity contribution is 5.91. The van der Waals surface area contributed by atoms with Crippen LogP contribution in [0.4, 0.5) is 5.69 Å². The second kappa shape index (κ2) is 4.06. The predicted octanol–water partition coefficient (Wildman–Crippen LogP) is 2.71. The van der Waals surface area contributed by atoms with Gasteiger partial charge < -0.3 is 10.5 Å². The first kappa shape index (κ1) is 12.0. The molecule has 1 aliphatic rings. The van der Waals surface area contributed by atoms with Crippen LogP contribution in [0.1, 0.15) is 48.7 Å². The Labute approximate surface area is 102 Å². The van der Waals surface area contributed by atoms with E-state index in [0.717, 1.165) is 24.9 Å². The minimum Gasteiger partial charge on any atom is -0.456 e. The van der Waals surface area contributed by atoms with E-state index < -0.39 is 5.60 Å². The highest BCUT2D eigenvalue weighted by Crippen LogP contribution is 2.29. The van der Waals surface area contributed by atoms with Gasteiger partial charge in [-0.3, -0.25) is 0 Å². The summed E-state index contributed by atoms with van der Waals surface area (Å²) in [6, 6.07) is 3.66. The molecule has 0 aromatic heterocycles. The third kappa shape index (κ3) is 2.60. The molecular formula is C14H19NO2. The van der Waals surface area contributed by atoms with Crippen LogP contribution in [0.2, 0.25) is 0 Å². The summed E-state index contributed by atoms with van der Waals surface area (Å²) in [7, 11) is 0. The van der Waals surface area contributed by atoms with Crippen molar-refractivity contribution in [2.75, 3.05) is 5.73 Å². The van der Waals surface area contributed by atoms with E-state index in [4.69, 9.17) is 10.5 Å². The number of hydrogen-bond acceptors (Lipinski definition) is 3. The average Bonchev–Trinajstić information content (AvgIpc) is 2.63. The fourth-order valence-electron chi connectivity index (χ4n) is 2.19. The summed E-state index contributed by atoms with van der Waals surface area (Å²) >= 11 is 0. The van der Waals surface area contributed by atoms with Crippen molar-refractivity contribution in [2.45, 2.75) is 45.6 Å². The monoisotopic (exact) mass is 233 g/mol. The van der Waals surface area contributed by atoms with Gasteiger partial charge in [-0.2, -0.15) is 0 Å². The first-order chi connectivity index (χ1) is 7.87. The van der Waals surface area contributed by atoms with E-state index in [2.05, 4.69) is 0 Å². The number of esters is 1. The zero-order chi connectivity index (χ0) is 12.6. The van der Waals surface area contributed by atoms with Gasteiger partial charge in [-0.05, 0) is 63.3 Å². The SMILES string of the molecule is CC(C)(C)OC(=O)c1cc(N)c2c(c1)CCC2. The first-order valence-electron chi connectivity index (χ1n) is 6.01. The zero-order valence-electron chi connectivity index (χ0n) is 10.7. The number of ether oxygens (including phenoxy) is 1. The van der Waals surface area contributed by atoms with Gasteiger partial charge in [-0.1, -0.05) is 0 Å². The number of nitrogens with two attached hydrogens (primary N) is 1. The lowest BCUT2D eigenvalue weighted by Gasteiger charge is -2.20. The molecule has 0 spiro atoms. The molecule has 0 radical (unpaired) electrons. The Hall–Kier alpha value is -1.51. The van der Waals surface area contributed by atoms with Crippen LogP contribution in [0.25, 0.3) is 0 Å². The number of aryl methyl sites for hydroxylation is 1. The van der Waals surface area contributed by atoms with Gasteiger partial charge >= 0.3 is 5.97 Å². The van der Waals surface area contributed by atoms with Gasteiger partial charge in [0, 0.05) is 5.69 Å². The van der Waals surface area contributed by atoms with Gasteiger partial charge in [0.15, 0.2) is 0 Å². The lowest BCUT2D eigenvalue weighted by Crippen LogP contribution is -2.24. The molecule has 3 heteroatoms. The van der Waals surface area contributed by atoms with Crippen molar-refractivity contribution in [1.29, 1.82) is 0 Å². The molecule has 92 valence electrons. The molecule has 1 aromatic carbocycles. The van der Waals surface area contributed by atoms with Gasteiger partial charge in [0.25, 0.3) is 0 Å². The van der Waals surface area contributed by atoms with E-state index in [1.807, 2.05) is 26.8 Å². The number of benzene rings is 1.